The standard InChI is InChI=1S/C27H34N8/c1-18(2)7-16-25-29-27(21-12-14-22(28)15-13-21)35(32-25)17-19-8-10-20(11-9-19)23-5-3-4-6-24(23)26-30-33-34-31-26/h3-6,8-11,18,21-22H,7,12-17,28H2,1-2H3,(H,30,31,33,34). The summed E-state index contributed by atoms with van der Waals surface area (Å²) in [6, 6.07) is 17.1. The first-order valence-electron chi connectivity index (χ1n) is 12.7. The molecule has 2 aromatic heterocycles. The van der Waals surface area contributed by atoms with Gasteiger partial charge in [0.15, 0.2) is 5.82 Å². The molecule has 8 heteroatoms. The molecule has 0 atom stereocenters. The van der Waals surface area contributed by atoms with E-state index in [1.807, 2.05) is 18.2 Å². The zero-order valence-electron chi connectivity index (χ0n) is 20.6. The first-order valence-corrected chi connectivity index (χ1v) is 12.7. The number of nitrogens with two attached hydrogens (primary N) is 1. The fraction of sp³-hybridized carbons (Fsp3) is 0.444. The van der Waals surface area contributed by atoms with Gasteiger partial charge in [-0.2, -0.15) is 10.3 Å². The van der Waals surface area contributed by atoms with Crippen molar-refractivity contribution < 1.29 is 0 Å². The van der Waals surface area contributed by atoms with Gasteiger partial charge in [-0.1, -0.05) is 62.4 Å². The number of hydrogen-bond donors (Lipinski definition) is 2. The minimum Gasteiger partial charge on any atom is -0.328 e. The van der Waals surface area contributed by atoms with Crippen molar-refractivity contribution in [3.05, 3.63) is 65.7 Å². The molecule has 182 valence electrons. The molecule has 0 radical (unpaired) electrons. The maximum absolute atomic E-state index is 6.17. The second-order valence-electron chi connectivity index (χ2n) is 10.1. The van der Waals surface area contributed by atoms with Crippen LogP contribution in [0.2, 0.25) is 0 Å². The number of nitrogens with one attached hydrogen (secondary N) is 1. The van der Waals surface area contributed by atoms with Gasteiger partial charge in [-0.15, -0.1) is 10.2 Å². The summed E-state index contributed by atoms with van der Waals surface area (Å²) >= 11 is 0. The molecule has 1 fully saturated rings. The number of benzene rings is 2. The third kappa shape index (κ3) is 5.48. The van der Waals surface area contributed by atoms with E-state index in [9.17, 15) is 0 Å². The summed E-state index contributed by atoms with van der Waals surface area (Å²) in [7, 11) is 0. The Labute approximate surface area is 206 Å². The molecule has 2 heterocycles. The zero-order valence-corrected chi connectivity index (χ0v) is 20.6. The van der Waals surface area contributed by atoms with Crippen molar-refractivity contribution in [2.24, 2.45) is 11.7 Å². The van der Waals surface area contributed by atoms with Crippen LogP contribution in [-0.2, 0) is 13.0 Å². The molecule has 0 spiro atoms. The van der Waals surface area contributed by atoms with Gasteiger partial charge >= 0.3 is 0 Å². The van der Waals surface area contributed by atoms with Crippen LogP contribution in [0, 0.1) is 5.92 Å². The maximum atomic E-state index is 6.17. The minimum absolute atomic E-state index is 0.325. The number of H-pyrrole nitrogens is 1. The highest BCUT2D eigenvalue weighted by molar-refractivity contribution is 5.80. The van der Waals surface area contributed by atoms with E-state index in [0.29, 0.717) is 23.7 Å². The molecule has 1 aliphatic carbocycles. The molecule has 0 bridgehead atoms. The van der Waals surface area contributed by atoms with E-state index in [4.69, 9.17) is 15.8 Å². The van der Waals surface area contributed by atoms with Crippen LogP contribution in [0.1, 0.15) is 69.1 Å². The van der Waals surface area contributed by atoms with Gasteiger partial charge in [0.05, 0.1) is 6.54 Å². The molecule has 0 amide bonds. The fourth-order valence-electron chi connectivity index (χ4n) is 4.89. The number of nitrogens with zero attached hydrogens (tertiary/aromatic N) is 6. The number of aromatic amines is 1. The topological polar surface area (TPSA) is 111 Å². The molecular weight excluding hydrogens is 436 g/mol. The normalized spacial score (nSPS) is 18.3. The van der Waals surface area contributed by atoms with E-state index in [1.165, 1.54) is 5.56 Å². The summed E-state index contributed by atoms with van der Waals surface area (Å²) in [6.45, 7) is 5.22. The van der Waals surface area contributed by atoms with E-state index < -0.39 is 0 Å². The third-order valence-corrected chi connectivity index (χ3v) is 6.94. The lowest BCUT2D eigenvalue weighted by Gasteiger charge is -2.25. The molecule has 5 rings (SSSR count). The van der Waals surface area contributed by atoms with Crippen LogP contribution in [0.25, 0.3) is 22.5 Å². The van der Waals surface area contributed by atoms with E-state index in [2.05, 4.69) is 69.5 Å². The average Bonchev–Trinajstić information content (AvgIpc) is 3.54. The number of tetrazole rings is 1. The Bertz CT molecular complexity index is 1220. The SMILES string of the molecule is CC(C)CCc1nc(C2CCC(N)CC2)n(Cc2ccc(-c3ccccc3-c3nn[nH]n3)cc2)n1. The maximum Gasteiger partial charge on any atom is 0.205 e. The summed E-state index contributed by atoms with van der Waals surface area (Å²) in [4.78, 5) is 5.02. The number of aryl methyl sites for hydroxylation is 1. The molecule has 2 aromatic carbocycles. The Morgan fingerprint density at radius 2 is 1.74 bits per heavy atom. The monoisotopic (exact) mass is 470 g/mol. The van der Waals surface area contributed by atoms with Crippen molar-refractivity contribution in [3.63, 3.8) is 0 Å². The highest BCUT2D eigenvalue weighted by Crippen LogP contribution is 2.33. The molecular formula is C27H34N8. The Morgan fingerprint density at radius 3 is 2.43 bits per heavy atom. The van der Waals surface area contributed by atoms with Crippen LogP contribution < -0.4 is 5.73 Å². The average molecular weight is 471 g/mol. The van der Waals surface area contributed by atoms with Gasteiger partial charge < -0.3 is 5.73 Å². The van der Waals surface area contributed by atoms with Gasteiger partial charge in [-0.05, 0) is 59.9 Å². The van der Waals surface area contributed by atoms with Crippen molar-refractivity contribution in [1.82, 2.24) is 35.4 Å². The molecule has 8 nitrogen and oxygen atoms in total. The smallest absolute Gasteiger partial charge is 0.205 e. The first-order chi connectivity index (χ1) is 17.1. The fourth-order valence-corrected chi connectivity index (χ4v) is 4.89. The predicted molar refractivity (Wildman–Crippen MR) is 137 cm³/mol. The van der Waals surface area contributed by atoms with Crippen LogP contribution in [0.3, 0.4) is 0 Å². The van der Waals surface area contributed by atoms with Gasteiger partial charge in [-0.3, -0.25) is 0 Å². The van der Waals surface area contributed by atoms with Gasteiger partial charge in [0.1, 0.15) is 5.82 Å². The van der Waals surface area contributed by atoms with Crippen LogP contribution in [-0.4, -0.2) is 41.4 Å². The van der Waals surface area contributed by atoms with E-state index in [1.54, 1.807) is 0 Å². The second kappa shape index (κ2) is 10.5. The highest BCUT2D eigenvalue weighted by Gasteiger charge is 2.25. The first kappa shape index (κ1) is 23.4. The lowest BCUT2D eigenvalue weighted by atomic mass is 9.86. The Morgan fingerprint density at radius 1 is 1.00 bits per heavy atom. The Hall–Kier alpha value is -3.39. The van der Waals surface area contributed by atoms with E-state index in [0.717, 1.165) is 73.4 Å². The quantitative estimate of drug-likeness (QED) is 0.384. The predicted octanol–water partition coefficient (Wildman–Crippen LogP) is 4.75. The molecule has 1 saturated carbocycles. The molecule has 0 saturated heterocycles. The number of aromatic nitrogens is 7. The van der Waals surface area contributed by atoms with Crippen molar-refractivity contribution in [1.29, 1.82) is 0 Å². The zero-order chi connectivity index (χ0) is 24.2. The van der Waals surface area contributed by atoms with Crippen LogP contribution in [0.5, 0.6) is 0 Å². The van der Waals surface area contributed by atoms with Crippen molar-refractivity contribution in [2.45, 2.75) is 70.9 Å². The van der Waals surface area contributed by atoms with Crippen LogP contribution in [0.4, 0.5) is 0 Å². The highest BCUT2D eigenvalue weighted by atomic mass is 15.5. The Kier molecular flexibility index (Phi) is 6.99. The molecule has 1 aliphatic rings. The third-order valence-electron chi connectivity index (χ3n) is 6.94. The lowest BCUT2D eigenvalue weighted by Crippen LogP contribution is -2.27. The molecule has 35 heavy (non-hydrogen) atoms. The lowest BCUT2D eigenvalue weighted by molar-refractivity contribution is 0.374. The summed E-state index contributed by atoms with van der Waals surface area (Å²) in [5.74, 6) is 3.77. The van der Waals surface area contributed by atoms with Gasteiger partial charge in [0.2, 0.25) is 5.82 Å². The molecule has 0 unspecified atom stereocenters. The Balaban J connectivity index is 1.38. The van der Waals surface area contributed by atoms with E-state index in [-0.39, 0.29) is 0 Å². The number of rotatable bonds is 8. The van der Waals surface area contributed by atoms with Gasteiger partial charge in [0.25, 0.3) is 0 Å². The van der Waals surface area contributed by atoms with Crippen LogP contribution >= 0.6 is 0 Å². The second-order valence-corrected chi connectivity index (χ2v) is 10.1. The largest absolute Gasteiger partial charge is 0.328 e. The minimum atomic E-state index is 0.325. The molecule has 0 aliphatic heterocycles. The van der Waals surface area contributed by atoms with Crippen molar-refractivity contribution >= 4 is 0 Å². The summed E-state index contributed by atoms with van der Waals surface area (Å²) in [6.07, 6.45) is 6.34. The molecule has 4 aromatic rings. The van der Waals surface area contributed by atoms with Crippen molar-refractivity contribution in [3.8, 4) is 22.5 Å². The van der Waals surface area contributed by atoms with Crippen LogP contribution in [0.15, 0.2) is 48.5 Å². The number of hydrogen-bond acceptors (Lipinski definition) is 6. The molecule has 3 N–H and O–H groups in total. The summed E-state index contributed by atoms with van der Waals surface area (Å²) in [5.41, 5.74) is 10.5. The van der Waals surface area contributed by atoms with Gasteiger partial charge in [0, 0.05) is 23.9 Å². The van der Waals surface area contributed by atoms with Crippen molar-refractivity contribution in [2.75, 3.05) is 0 Å². The van der Waals surface area contributed by atoms with Gasteiger partial charge in [-0.25, -0.2) is 9.67 Å². The summed E-state index contributed by atoms with van der Waals surface area (Å²) in [5, 5.41) is 19.5. The van der Waals surface area contributed by atoms with E-state index >= 15 is 0 Å². The summed E-state index contributed by atoms with van der Waals surface area (Å²) < 4.78 is 2.14.